The van der Waals surface area contributed by atoms with Crippen LogP contribution in [0.5, 0.6) is 0 Å². The molecule has 0 spiro atoms. The lowest BCUT2D eigenvalue weighted by atomic mass is 11.0. The monoisotopic (exact) mass is 416 g/mol. The first-order valence-corrected chi connectivity index (χ1v) is 19.9. The van der Waals surface area contributed by atoms with Gasteiger partial charge in [-0.1, -0.05) is 0 Å². The zero-order valence-corrected chi connectivity index (χ0v) is 21.0. The third-order valence-corrected chi connectivity index (χ3v) is 22.0. The maximum atomic E-state index is 6.36. The summed E-state index contributed by atoms with van der Waals surface area (Å²) in [6.07, 6.45) is 0. The predicted octanol–water partition coefficient (Wildman–Crippen LogP) is 2.27. The van der Waals surface area contributed by atoms with Gasteiger partial charge < -0.3 is 29.7 Å². The largest absolute Gasteiger partial charge is 0.500 e. The molecule has 0 bridgehead atoms. The summed E-state index contributed by atoms with van der Waals surface area (Å²) in [5.41, 5.74) is 0. The Morgan fingerprint density at radius 3 is 1.48 bits per heavy atom. The Hall–Kier alpha value is 0.804. The zero-order valence-electron chi connectivity index (χ0n) is 15.8. The molecule has 0 unspecified atom stereocenters. The molecule has 0 aromatic rings. The average molecular weight is 417 g/mol. The van der Waals surface area contributed by atoms with Crippen LogP contribution in [0, 0.1) is 0 Å². The molecule has 1 aliphatic rings. The van der Waals surface area contributed by atoms with Crippen molar-refractivity contribution in [3.63, 3.8) is 0 Å². The lowest BCUT2D eigenvalue weighted by molar-refractivity contribution is 0.124. The first-order chi connectivity index (χ1) is 10.4. The summed E-state index contributed by atoms with van der Waals surface area (Å²) >= 11 is 0. The topological polar surface area (TPSA) is 64.6 Å². The van der Waals surface area contributed by atoms with Crippen LogP contribution < -0.4 is 0 Å². The van der Waals surface area contributed by atoms with Gasteiger partial charge >= 0.3 is 43.8 Å². The molecular formula is C11H32O7Si5. The Morgan fingerprint density at radius 1 is 0.739 bits per heavy atom. The van der Waals surface area contributed by atoms with E-state index in [4.69, 9.17) is 29.7 Å². The first kappa shape index (κ1) is 21.8. The van der Waals surface area contributed by atoms with Crippen LogP contribution in [-0.4, -0.2) is 65.1 Å². The fraction of sp³-hybridized carbons (Fsp3) is 1.00. The van der Waals surface area contributed by atoms with Gasteiger partial charge in [0.2, 0.25) is 0 Å². The molecule has 0 aromatic heterocycles. The van der Waals surface area contributed by atoms with E-state index >= 15 is 0 Å². The van der Waals surface area contributed by atoms with Crippen molar-refractivity contribution in [2.75, 3.05) is 21.3 Å². The van der Waals surface area contributed by atoms with Crippen molar-refractivity contribution in [1.82, 2.24) is 0 Å². The summed E-state index contributed by atoms with van der Waals surface area (Å²) in [5.74, 6) is 0. The molecule has 1 fully saturated rings. The molecule has 7 nitrogen and oxygen atoms in total. The van der Waals surface area contributed by atoms with E-state index in [-0.39, 0.29) is 0 Å². The van der Waals surface area contributed by atoms with E-state index < -0.39 is 43.8 Å². The van der Waals surface area contributed by atoms with Gasteiger partial charge in [0.05, 0.1) is 0 Å². The second kappa shape index (κ2) is 8.00. The highest BCUT2D eigenvalue weighted by atomic mass is 28.5. The van der Waals surface area contributed by atoms with Crippen molar-refractivity contribution in [3.8, 4) is 0 Å². The maximum Gasteiger partial charge on any atom is 0.500 e. The van der Waals surface area contributed by atoms with Crippen molar-refractivity contribution in [2.45, 2.75) is 51.4 Å². The summed E-state index contributed by atoms with van der Waals surface area (Å²) in [6, 6.07) is 1.42. The van der Waals surface area contributed by atoms with Gasteiger partial charge in [-0.3, -0.25) is 0 Å². The van der Waals surface area contributed by atoms with E-state index in [1.165, 1.54) is 0 Å². The molecule has 0 atom stereocenters. The molecule has 0 aliphatic carbocycles. The standard InChI is InChI=1S/C11H32O7Si5/c1-12-23(13-2,14-3)11-10-19-15-20(4,5)17-22(8,9)18-21(6,7)16-19/h19H,10-11H2,1-9H3. The van der Waals surface area contributed by atoms with Crippen LogP contribution >= 0.6 is 0 Å². The molecule has 0 aromatic carbocycles. The Balaban J connectivity index is 2.85. The van der Waals surface area contributed by atoms with Gasteiger partial charge in [0, 0.05) is 27.4 Å². The van der Waals surface area contributed by atoms with Gasteiger partial charge in [-0.25, -0.2) is 0 Å². The minimum atomic E-state index is -2.62. The molecule has 0 N–H and O–H groups in total. The molecule has 1 aliphatic heterocycles. The van der Waals surface area contributed by atoms with E-state index in [9.17, 15) is 0 Å². The minimum Gasteiger partial charge on any atom is -0.418 e. The van der Waals surface area contributed by atoms with Crippen LogP contribution in [-0.2, 0) is 29.7 Å². The maximum absolute atomic E-state index is 6.36. The second-order valence-corrected chi connectivity index (χ2v) is 23.3. The minimum absolute atomic E-state index is 0.670. The van der Waals surface area contributed by atoms with Gasteiger partial charge in [0.1, 0.15) is 0 Å². The third kappa shape index (κ3) is 6.91. The highest BCUT2D eigenvalue weighted by Gasteiger charge is 2.48. The summed E-state index contributed by atoms with van der Waals surface area (Å²) in [4.78, 5) is 0. The predicted molar refractivity (Wildman–Crippen MR) is 100 cm³/mol. The third-order valence-electron chi connectivity index (χ3n) is 3.43. The van der Waals surface area contributed by atoms with Crippen LogP contribution in [0.3, 0.4) is 0 Å². The Kier molecular flexibility index (Phi) is 7.60. The van der Waals surface area contributed by atoms with E-state index in [1.807, 2.05) is 0 Å². The summed E-state index contributed by atoms with van der Waals surface area (Å²) < 4.78 is 41.8. The van der Waals surface area contributed by atoms with E-state index in [2.05, 4.69) is 39.3 Å². The molecular weight excluding hydrogens is 385 g/mol. The molecule has 0 amide bonds. The Morgan fingerprint density at radius 2 is 1.13 bits per heavy atom. The van der Waals surface area contributed by atoms with Gasteiger partial charge in [0.25, 0.3) is 0 Å². The van der Waals surface area contributed by atoms with Gasteiger partial charge in [-0.15, -0.1) is 0 Å². The van der Waals surface area contributed by atoms with Gasteiger partial charge in [-0.2, -0.15) is 0 Å². The molecule has 0 saturated carbocycles. The molecule has 23 heavy (non-hydrogen) atoms. The number of rotatable bonds is 6. The van der Waals surface area contributed by atoms with E-state index in [0.29, 0.717) is 6.04 Å². The Bertz CT molecular complexity index is 359. The van der Waals surface area contributed by atoms with Crippen molar-refractivity contribution in [2.24, 2.45) is 0 Å². The molecule has 0 radical (unpaired) electrons. The van der Waals surface area contributed by atoms with Crippen LogP contribution in [0.25, 0.3) is 0 Å². The van der Waals surface area contributed by atoms with Crippen LogP contribution in [0.4, 0.5) is 0 Å². The molecule has 138 valence electrons. The number of hydrogen-bond acceptors (Lipinski definition) is 7. The molecule has 1 heterocycles. The van der Waals surface area contributed by atoms with Crippen LogP contribution in [0.2, 0.25) is 51.4 Å². The SMILES string of the molecule is CO[Si](CC[SiH]1O[Si](C)(C)O[Si](C)(C)O[Si](C)(C)O1)(OC)OC. The van der Waals surface area contributed by atoms with Gasteiger partial charge in [0.15, 0.2) is 0 Å². The van der Waals surface area contributed by atoms with E-state index in [0.717, 1.165) is 6.04 Å². The summed E-state index contributed by atoms with van der Waals surface area (Å²) in [6.45, 7) is 12.3. The average Bonchev–Trinajstić information content (AvgIpc) is 2.35. The smallest absolute Gasteiger partial charge is 0.418 e. The Labute approximate surface area is 146 Å². The first-order valence-electron chi connectivity index (χ1n) is 7.80. The van der Waals surface area contributed by atoms with Crippen molar-refractivity contribution in [3.05, 3.63) is 0 Å². The normalized spacial score (nSPS) is 24.9. The second-order valence-electron chi connectivity index (χ2n) is 6.90. The van der Waals surface area contributed by atoms with Crippen molar-refractivity contribution < 1.29 is 29.7 Å². The van der Waals surface area contributed by atoms with E-state index in [1.54, 1.807) is 21.3 Å². The fourth-order valence-corrected chi connectivity index (χ4v) is 24.2. The lowest BCUT2D eigenvalue weighted by Crippen LogP contribution is -2.61. The highest BCUT2D eigenvalue weighted by molar-refractivity contribution is 6.89. The zero-order chi connectivity index (χ0) is 17.9. The summed E-state index contributed by atoms with van der Waals surface area (Å²) in [7, 11) is -6.48. The quantitative estimate of drug-likeness (QED) is 0.615. The molecule has 12 heteroatoms. The van der Waals surface area contributed by atoms with Crippen molar-refractivity contribution in [1.29, 1.82) is 0 Å². The molecule has 1 saturated heterocycles. The highest BCUT2D eigenvalue weighted by Crippen LogP contribution is 2.29. The summed E-state index contributed by atoms with van der Waals surface area (Å²) in [5, 5.41) is 0. The fourth-order valence-electron chi connectivity index (χ4n) is 2.88. The molecule has 1 rings (SSSR count). The van der Waals surface area contributed by atoms with Crippen molar-refractivity contribution >= 4 is 43.8 Å². The van der Waals surface area contributed by atoms with Crippen LogP contribution in [0.1, 0.15) is 0 Å². The van der Waals surface area contributed by atoms with Crippen LogP contribution in [0.15, 0.2) is 0 Å². The lowest BCUT2D eigenvalue weighted by Gasteiger charge is -2.44. The van der Waals surface area contributed by atoms with Gasteiger partial charge in [-0.05, 0) is 45.3 Å². The number of hydrogen-bond donors (Lipinski definition) is 0.